The average Bonchev–Trinajstić information content (AvgIpc) is 3.39. The summed E-state index contributed by atoms with van der Waals surface area (Å²) in [4.78, 5) is 36.3. The van der Waals surface area contributed by atoms with Crippen LogP contribution >= 0.6 is 0 Å². The van der Waals surface area contributed by atoms with E-state index < -0.39 is 11.7 Å². The zero-order valence-corrected chi connectivity index (χ0v) is 16.1. The third-order valence-electron chi connectivity index (χ3n) is 5.26. The van der Waals surface area contributed by atoms with E-state index in [1.807, 2.05) is 6.07 Å². The van der Waals surface area contributed by atoms with E-state index in [9.17, 15) is 18.4 Å². The predicted molar refractivity (Wildman–Crippen MR) is 105 cm³/mol. The number of aromatic amines is 1. The van der Waals surface area contributed by atoms with E-state index in [1.54, 1.807) is 35.2 Å². The summed E-state index contributed by atoms with van der Waals surface area (Å²) in [7, 11) is 0. The molecule has 0 unspecified atom stereocenters. The zero-order valence-electron chi connectivity index (χ0n) is 16.1. The van der Waals surface area contributed by atoms with E-state index in [2.05, 4.69) is 24.6 Å². The largest absolute Gasteiger partial charge is 0.439 e. The van der Waals surface area contributed by atoms with Crippen LogP contribution in [0.1, 0.15) is 23.2 Å². The number of nitrogens with zero attached hydrogens (tertiary/aromatic N) is 5. The second kappa shape index (κ2) is 7.11. The molecule has 5 heterocycles. The Labute approximate surface area is 173 Å². The van der Waals surface area contributed by atoms with Gasteiger partial charge in [-0.05, 0) is 24.3 Å². The van der Waals surface area contributed by atoms with Gasteiger partial charge in [0, 0.05) is 43.7 Å². The number of amides is 1. The summed E-state index contributed by atoms with van der Waals surface area (Å²) in [5.74, 6) is -3.44. The van der Waals surface area contributed by atoms with Crippen LogP contribution in [0.5, 0.6) is 0 Å². The third kappa shape index (κ3) is 3.58. The van der Waals surface area contributed by atoms with E-state index >= 15 is 0 Å². The predicted octanol–water partition coefficient (Wildman–Crippen LogP) is 2.64. The van der Waals surface area contributed by atoms with Crippen LogP contribution < -0.4 is 5.76 Å². The molecule has 0 saturated carbocycles. The molecular formula is C20H16F2N6O3. The number of alkyl halides is 2. The number of likely N-dealkylation sites (tertiary alicyclic amines) is 1. The molecule has 31 heavy (non-hydrogen) atoms. The number of rotatable bonds is 3. The first-order valence-corrected chi connectivity index (χ1v) is 9.57. The lowest BCUT2D eigenvalue weighted by Crippen LogP contribution is -2.42. The van der Waals surface area contributed by atoms with E-state index in [4.69, 9.17) is 0 Å². The summed E-state index contributed by atoms with van der Waals surface area (Å²) in [5, 5.41) is 4.33. The Balaban J connectivity index is 1.39. The summed E-state index contributed by atoms with van der Waals surface area (Å²) < 4.78 is 33.0. The van der Waals surface area contributed by atoms with Crippen LogP contribution in [0.15, 0.2) is 52.2 Å². The highest BCUT2D eigenvalue weighted by atomic mass is 19.3. The second-order valence-corrected chi connectivity index (χ2v) is 7.32. The number of hydrogen-bond donors (Lipinski definition) is 1. The van der Waals surface area contributed by atoms with Gasteiger partial charge in [0.05, 0.1) is 17.4 Å². The SMILES string of the molecule is O=C(c1cnc2c(ccn2-c2ccc(-c3noc(=O)[nH]3)nc2)c1)N1CCC(F)(F)CC1. The summed E-state index contributed by atoms with van der Waals surface area (Å²) in [6.45, 7) is 0.0549. The van der Waals surface area contributed by atoms with Gasteiger partial charge in [0.15, 0.2) is 0 Å². The molecule has 158 valence electrons. The Morgan fingerprint density at radius 3 is 2.61 bits per heavy atom. The standard InChI is InChI=1S/C20H16F2N6O3/c21-20(22)4-7-27(8-5-20)18(29)13-9-12-3-6-28(17(12)24-10-13)14-1-2-15(23-11-14)16-25-19(30)31-26-16/h1-3,6,9-11H,4-5,7-8H2,(H,25,26,30). The molecule has 1 aliphatic rings. The summed E-state index contributed by atoms with van der Waals surface area (Å²) >= 11 is 0. The fourth-order valence-corrected chi connectivity index (χ4v) is 3.58. The molecule has 5 rings (SSSR count). The number of piperidine rings is 1. The molecule has 1 N–H and O–H groups in total. The zero-order chi connectivity index (χ0) is 21.6. The number of nitrogens with one attached hydrogen (secondary N) is 1. The first kappa shape index (κ1) is 19.1. The van der Waals surface area contributed by atoms with Gasteiger partial charge in [-0.15, -0.1) is 0 Å². The summed E-state index contributed by atoms with van der Waals surface area (Å²) in [6, 6.07) is 6.98. The molecule has 1 aliphatic heterocycles. The van der Waals surface area contributed by atoms with Crippen molar-refractivity contribution in [2.24, 2.45) is 0 Å². The third-order valence-corrected chi connectivity index (χ3v) is 5.26. The molecule has 1 saturated heterocycles. The Kier molecular flexibility index (Phi) is 4.38. The van der Waals surface area contributed by atoms with E-state index in [1.165, 1.54) is 11.1 Å². The van der Waals surface area contributed by atoms with Gasteiger partial charge in [-0.1, -0.05) is 5.16 Å². The number of carbonyl (C=O) groups is 1. The molecule has 0 spiro atoms. The van der Waals surface area contributed by atoms with Crippen molar-refractivity contribution in [1.82, 2.24) is 29.6 Å². The van der Waals surface area contributed by atoms with Gasteiger partial charge < -0.3 is 4.90 Å². The highest BCUT2D eigenvalue weighted by molar-refractivity contribution is 5.97. The first-order chi connectivity index (χ1) is 14.9. The van der Waals surface area contributed by atoms with Crippen molar-refractivity contribution in [1.29, 1.82) is 0 Å². The van der Waals surface area contributed by atoms with Crippen LogP contribution in [0, 0.1) is 0 Å². The first-order valence-electron chi connectivity index (χ1n) is 9.57. The van der Waals surface area contributed by atoms with Gasteiger partial charge in [0.1, 0.15) is 11.3 Å². The van der Waals surface area contributed by atoms with Gasteiger partial charge in [-0.3, -0.25) is 23.9 Å². The van der Waals surface area contributed by atoms with Crippen LogP contribution in [-0.4, -0.2) is 54.5 Å². The van der Waals surface area contributed by atoms with Crippen LogP contribution in [0.4, 0.5) is 8.78 Å². The van der Waals surface area contributed by atoms with Gasteiger partial charge in [-0.25, -0.2) is 18.6 Å². The Hall–Kier alpha value is -3.89. The van der Waals surface area contributed by atoms with Crippen LogP contribution in [0.25, 0.3) is 28.2 Å². The van der Waals surface area contributed by atoms with Crippen LogP contribution in [-0.2, 0) is 0 Å². The second-order valence-electron chi connectivity index (χ2n) is 7.32. The average molecular weight is 426 g/mol. The smallest absolute Gasteiger partial charge is 0.338 e. The molecular weight excluding hydrogens is 410 g/mol. The topological polar surface area (TPSA) is 110 Å². The lowest BCUT2D eigenvalue weighted by Gasteiger charge is -2.31. The number of carbonyl (C=O) groups excluding carboxylic acids is 1. The molecule has 4 aromatic rings. The lowest BCUT2D eigenvalue weighted by molar-refractivity contribution is -0.0494. The van der Waals surface area contributed by atoms with Crippen molar-refractivity contribution in [2.75, 3.05) is 13.1 Å². The minimum atomic E-state index is -2.71. The minimum absolute atomic E-state index is 0.0275. The summed E-state index contributed by atoms with van der Waals surface area (Å²) in [5.41, 5.74) is 2.14. The molecule has 0 radical (unpaired) electrons. The highest BCUT2D eigenvalue weighted by Gasteiger charge is 2.35. The lowest BCUT2D eigenvalue weighted by atomic mass is 10.1. The van der Waals surface area contributed by atoms with Gasteiger partial charge in [0.2, 0.25) is 5.82 Å². The van der Waals surface area contributed by atoms with Gasteiger partial charge in [0.25, 0.3) is 11.8 Å². The fraction of sp³-hybridized carbons (Fsp3) is 0.250. The van der Waals surface area contributed by atoms with Crippen molar-refractivity contribution < 1.29 is 18.1 Å². The molecule has 11 heteroatoms. The van der Waals surface area contributed by atoms with Crippen molar-refractivity contribution in [3.05, 3.63) is 59.0 Å². The number of fused-ring (bicyclic) bond motifs is 1. The normalized spacial score (nSPS) is 16.0. The monoisotopic (exact) mass is 426 g/mol. The molecule has 0 aromatic carbocycles. The fourth-order valence-electron chi connectivity index (χ4n) is 3.58. The molecule has 0 bridgehead atoms. The van der Waals surface area contributed by atoms with Crippen LogP contribution in [0.3, 0.4) is 0 Å². The molecule has 0 atom stereocenters. The van der Waals surface area contributed by atoms with Crippen molar-refractivity contribution in [2.45, 2.75) is 18.8 Å². The minimum Gasteiger partial charge on any atom is -0.338 e. The number of pyridine rings is 2. The quantitative estimate of drug-likeness (QED) is 0.539. The Bertz CT molecular complexity index is 1310. The molecule has 4 aromatic heterocycles. The Morgan fingerprint density at radius 1 is 1.13 bits per heavy atom. The highest BCUT2D eigenvalue weighted by Crippen LogP contribution is 2.29. The number of hydrogen-bond acceptors (Lipinski definition) is 6. The van der Waals surface area contributed by atoms with Crippen molar-refractivity contribution in [3.63, 3.8) is 0 Å². The van der Waals surface area contributed by atoms with E-state index in [-0.39, 0.29) is 37.7 Å². The van der Waals surface area contributed by atoms with Crippen molar-refractivity contribution >= 4 is 16.9 Å². The number of H-pyrrole nitrogens is 1. The van der Waals surface area contributed by atoms with Crippen LogP contribution in [0.2, 0.25) is 0 Å². The Morgan fingerprint density at radius 2 is 1.94 bits per heavy atom. The van der Waals surface area contributed by atoms with Gasteiger partial charge >= 0.3 is 5.76 Å². The number of aromatic nitrogens is 5. The van der Waals surface area contributed by atoms with Crippen molar-refractivity contribution in [3.8, 4) is 17.2 Å². The van der Waals surface area contributed by atoms with E-state index in [0.717, 1.165) is 11.1 Å². The summed E-state index contributed by atoms with van der Waals surface area (Å²) in [6.07, 6.45) is 4.19. The number of halogens is 2. The molecule has 1 fully saturated rings. The maximum absolute atomic E-state index is 13.4. The maximum Gasteiger partial charge on any atom is 0.439 e. The molecule has 1 amide bonds. The van der Waals surface area contributed by atoms with E-state index in [0.29, 0.717) is 16.9 Å². The van der Waals surface area contributed by atoms with Gasteiger partial charge in [-0.2, -0.15) is 0 Å². The molecule has 0 aliphatic carbocycles. The molecule has 9 nitrogen and oxygen atoms in total. The maximum atomic E-state index is 13.4.